The monoisotopic (exact) mass is 156 g/mol. The molecule has 0 fully saturated rings. The fraction of sp³-hybridized carbons (Fsp3) is 0.333. The Morgan fingerprint density at radius 3 is 2.82 bits per heavy atom. The Balaban J connectivity index is 2.97. The number of carboxylic acid groups (broad SMARTS) is 1. The molecule has 0 bridgehead atoms. The van der Waals surface area contributed by atoms with Crippen LogP contribution in [0.4, 0.5) is 0 Å². The van der Waals surface area contributed by atoms with Crippen molar-refractivity contribution in [2.45, 2.75) is 13.5 Å². The molecule has 0 radical (unpaired) electrons. The second-order valence-corrected chi connectivity index (χ2v) is 2.24. The van der Waals surface area contributed by atoms with E-state index >= 15 is 0 Å². The van der Waals surface area contributed by atoms with Crippen LogP contribution in [0.25, 0.3) is 0 Å². The molecule has 1 aromatic heterocycles. The minimum Gasteiger partial charge on any atom is -0.480 e. The molecule has 0 saturated carbocycles. The van der Waals surface area contributed by atoms with Crippen LogP contribution in [0.3, 0.4) is 0 Å². The van der Waals surface area contributed by atoms with Crippen molar-refractivity contribution >= 4 is 5.97 Å². The summed E-state index contributed by atoms with van der Waals surface area (Å²) in [6.07, 6.45) is 1.48. The first-order chi connectivity index (χ1) is 5.11. The van der Waals surface area contributed by atoms with Gasteiger partial charge >= 0.3 is 5.97 Å². The zero-order valence-corrected chi connectivity index (χ0v) is 6.00. The minimum atomic E-state index is -1.03. The zero-order valence-electron chi connectivity index (χ0n) is 6.00. The first kappa shape index (κ1) is 7.59. The van der Waals surface area contributed by atoms with Crippen LogP contribution in [0.1, 0.15) is 5.56 Å². The summed E-state index contributed by atoms with van der Waals surface area (Å²) >= 11 is 0. The number of aryl methyl sites for hydroxylation is 1. The van der Waals surface area contributed by atoms with Crippen molar-refractivity contribution in [2.24, 2.45) is 0 Å². The van der Waals surface area contributed by atoms with Crippen LogP contribution in [-0.2, 0) is 11.3 Å². The van der Waals surface area contributed by atoms with E-state index in [0.29, 0.717) is 5.56 Å². The molecule has 60 valence electrons. The number of hydrogen-bond donors (Lipinski definition) is 2. The van der Waals surface area contributed by atoms with E-state index in [1.807, 2.05) is 0 Å². The van der Waals surface area contributed by atoms with Gasteiger partial charge in [-0.1, -0.05) is 0 Å². The quantitative estimate of drug-likeness (QED) is 0.610. The summed E-state index contributed by atoms with van der Waals surface area (Å²) < 4.78 is 1.04. The van der Waals surface area contributed by atoms with Crippen molar-refractivity contribution in [2.75, 3.05) is 0 Å². The molecule has 1 heterocycles. The van der Waals surface area contributed by atoms with Crippen LogP contribution < -0.4 is 5.56 Å². The van der Waals surface area contributed by atoms with Gasteiger partial charge in [-0.3, -0.25) is 9.59 Å². The number of H-pyrrole nitrogens is 1. The van der Waals surface area contributed by atoms with E-state index in [2.05, 4.69) is 5.10 Å². The lowest BCUT2D eigenvalue weighted by Gasteiger charge is -1.93. The molecule has 0 saturated heterocycles. The molecule has 0 aliphatic carbocycles. The predicted molar refractivity (Wildman–Crippen MR) is 37.4 cm³/mol. The number of carbonyl (C=O) groups is 1. The standard InChI is InChI=1S/C6H8N2O3/c1-4-2-7-8(6(4)11)3-5(9)10/h2,7H,3H2,1H3,(H,9,10). The number of nitrogens with one attached hydrogen (secondary N) is 1. The maximum Gasteiger partial charge on any atom is 0.325 e. The molecule has 5 heteroatoms. The number of aromatic nitrogens is 2. The third-order valence-corrected chi connectivity index (χ3v) is 1.31. The Morgan fingerprint density at radius 1 is 1.82 bits per heavy atom. The molecule has 0 atom stereocenters. The lowest BCUT2D eigenvalue weighted by atomic mass is 10.4. The van der Waals surface area contributed by atoms with Crippen molar-refractivity contribution in [3.8, 4) is 0 Å². The van der Waals surface area contributed by atoms with Gasteiger partial charge in [-0.05, 0) is 6.92 Å². The van der Waals surface area contributed by atoms with Crippen LogP contribution in [0, 0.1) is 6.92 Å². The van der Waals surface area contributed by atoms with Crippen molar-refractivity contribution < 1.29 is 9.90 Å². The molecule has 11 heavy (non-hydrogen) atoms. The Morgan fingerprint density at radius 2 is 2.45 bits per heavy atom. The maximum absolute atomic E-state index is 11.0. The number of aliphatic carboxylic acids is 1. The lowest BCUT2D eigenvalue weighted by Crippen LogP contribution is -2.22. The summed E-state index contributed by atoms with van der Waals surface area (Å²) in [4.78, 5) is 21.1. The Bertz CT molecular complexity index is 323. The summed E-state index contributed by atoms with van der Waals surface area (Å²) in [5.41, 5.74) is 0.235. The summed E-state index contributed by atoms with van der Waals surface area (Å²) in [6.45, 7) is 1.31. The first-order valence-electron chi connectivity index (χ1n) is 3.08. The SMILES string of the molecule is Cc1c[nH]n(CC(=O)O)c1=O. The third kappa shape index (κ3) is 1.49. The molecule has 0 aliphatic rings. The topological polar surface area (TPSA) is 75.1 Å². The predicted octanol–water partition coefficient (Wildman–Crippen LogP) is -0.431. The largest absolute Gasteiger partial charge is 0.480 e. The van der Waals surface area contributed by atoms with Gasteiger partial charge in [-0.15, -0.1) is 0 Å². The number of carboxylic acids is 1. The minimum absolute atomic E-state index is 0.285. The van der Waals surface area contributed by atoms with E-state index in [9.17, 15) is 9.59 Å². The summed E-state index contributed by atoms with van der Waals surface area (Å²) in [6, 6.07) is 0. The molecule has 2 N–H and O–H groups in total. The van der Waals surface area contributed by atoms with Crippen LogP contribution >= 0.6 is 0 Å². The average Bonchev–Trinajstić information content (AvgIpc) is 2.18. The molecular weight excluding hydrogens is 148 g/mol. The van der Waals surface area contributed by atoms with Gasteiger partial charge in [0.2, 0.25) is 0 Å². The van der Waals surface area contributed by atoms with E-state index in [4.69, 9.17) is 5.11 Å². The second-order valence-electron chi connectivity index (χ2n) is 2.24. The Hall–Kier alpha value is -1.52. The van der Waals surface area contributed by atoms with Crippen molar-refractivity contribution in [1.82, 2.24) is 9.78 Å². The van der Waals surface area contributed by atoms with E-state index in [1.54, 1.807) is 6.92 Å². The Labute approximate surface area is 62.3 Å². The van der Waals surface area contributed by atoms with E-state index in [0.717, 1.165) is 4.68 Å². The van der Waals surface area contributed by atoms with Crippen LogP contribution in [-0.4, -0.2) is 20.9 Å². The lowest BCUT2D eigenvalue weighted by molar-refractivity contribution is -0.137. The molecule has 5 nitrogen and oxygen atoms in total. The average molecular weight is 156 g/mol. The second kappa shape index (κ2) is 2.61. The molecule has 1 aromatic rings. The normalized spacial score (nSPS) is 9.91. The highest BCUT2D eigenvalue weighted by molar-refractivity contribution is 5.66. The molecule has 1 rings (SSSR count). The van der Waals surface area contributed by atoms with Gasteiger partial charge in [0.15, 0.2) is 0 Å². The summed E-state index contributed by atoms with van der Waals surface area (Å²) in [7, 11) is 0. The van der Waals surface area contributed by atoms with E-state index in [-0.39, 0.29) is 12.1 Å². The van der Waals surface area contributed by atoms with Gasteiger partial charge in [0.25, 0.3) is 5.56 Å². The van der Waals surface area contributed by atoms with Crippen LogP contribution in [0.15, 0.2) is 11.0 Å². The zero-order chi connectivity index (χ0) is 8.43. The smallest absolute Gasteiger partial charge is 0.325 e. The van der Waals surface area contributed by atoms with Gasteiger partial charge < -0.3 is 10.2 Å². The molecular formula is C6H8N2O3. The van der Waals surface area contributed by atoms with Crippen molar-refractivity contribution in [1.29, 1.82) is 0 Å². The van der Waals surface area contributed by atoms with Gasteiger partial charge in [0.1, 0.15) is 6.54 Å². The van der Waals surface area contributed by atoms with Crippen molar-refractivity contribution in [3.63, 3.8) is 0 Å². The molecule has 0 aliphatic heterocycles. The Kier molecular flexibility index (Phi) is 1.80. The molecule has 0 amide bonds. The van der Waals surface area contributed by atoms with Gasteiger partial charge in [-0.25, -0.2) is 4.68 Å². The van der Waals surface area contributed by atoms with Gasteiger partial charge in [0.05, 0.1) is 0 Å². The number of aromatic amines is 1. The number of nitrogens with zero attached hydrogens (tertiary/aromatic N) is 1. The van der Waals surface area contributed by atoms with Gasteiger partial charge in [-0.2, -0.15) is 0 Å². The van der Waals surface area contributed by atoms with Crippen molar-refractivity contribution in [3.05, 3.63) is 22.1 Å². The van der Waals surface area contributed by atoms with Crippen LogP contribution in [0.2, 0.25) is 0 Å². The fourth-order valence-electron chi connectivity index (χ4n) is 0.761. The first-order valence-corrected chi connectivity index (χ1v) is 3.08. The van der Waals surface area contributed by atoms with E-state index in [1.165, 1.54) is 6.20 Å². The van der Waals surface area contributed by atoms with Crippen LogP contribution in [0.5, 0.6) is 0 Å². The number of rotatable bonds is 2. The summed E-state index contributed by atoms with van der Waals surface area (Å²) in [5.74, 6) is -1.03. The molecule has 0 aromatic carbocycles. The third-order valence-electron chi connectivity index (χ3n) is 1.31. The highest BCUT2D eigenvalue weighted by Crippen LogP contribution is 1.84. The highest BCUT2D eigenvalue weighted by atomic mass is 16.4. The summed E-state index contributed by atoms with van der Waals surface area (Å²) in [5, 5.41) is 10.8. The maximum atomic E-state index is 11.0. The molecule has 0 unspecified atom stereocenters. The van der Waals surface area contributed by atoms with E-state index < -0.39 is 5.97 Å². The van der Waals surface area contributed by atoms with Gasteiger partial charge in [0, 0.05) is 11.8 Å². The molecule has 0 spiro atoms. The fourth-order valence-corrected chi connectivity index (χ4v) is 0.761. The number of hydrogen-bond acceptors (Lipinski definition) is 2. The highest BCUT2D eigenvalue weighted by Gasteiger charge is 2.03.